The van der Waals surface area contributed by atoms with Crippen LogP contribution in [0.4, 0.5) is 9.18 Å². The van der Waals surface area contributed by atoms with Crippen LogP contribution in [0.15, 0.2) is 18.2 Å². The third-order valence-electron chi connectivity index (χ3n) is 2.20. The molecule has 1 aromatic rings. The molecule has 0 spiro atoms. The zero-order chi connectivity index (χ0) is 14.1. The van der Waals surface area contributed by atoms with Gasteiger partial charge in [-0.2, -0.15) is 0 Å². The molecular weight excluding hydrogens is 233 g/mol. The Bertz CT molecular complexity index is 438. The van der Waals surface area contributed by atoms with Crippen molar-refractivity contribution in [2.75, 3.05) is 0 Å². The fraction of sp³-hybridized carbons (Fsp3) is 0.357. The summed E-state index contributed by atoms with van der Waals surface area (Å²) in [5.41, 5.74) is 1.27. The predicted molar refractivity (Wildman–Crippen MR) is 69.5 cm³/mol. The molecule has 1 aliphatic heterocycles. The fourth-order valence-corrected chi connectivity index (χ4v) is 1.52. The maximum atomic E-state index is 13.1. The Morgan fingerprint density at radius 2 is 2.00 bits per heavy atom. The number of benzene rings is 1. The van der Waals surface area contributed by atoms with Gasteiger partial charge in [0.1, 0.15) is 5.82 Å². The van der Waals surface area contributed by atoms with Gasteiger partial charge in [0.05, 0.1) is 6.54 Å². The van der Waals surface area contributed by atoms with Crippen LogP contribution in [0.1, 0.15) is 31.9 Å². The highest BCUT2D eigenvalue weighted by Gasteiger charge is 2.24. The van der Waals surface area contributed by atoms with Crippen molar-refractivity contribution >= 4 is 6.09 Å². The Morgan fingerprint density at radius 3 is 2.44 bits per heavy atom. The molecule has 0 saturated heterocycles. The van der Waals surface area contributed by atoms with Crippen molar-refractivity contribution in [1.29, 1.82) is 0 Å². The zero-order valence-corrected chi connectivity index (χ0v) is 10.9. The van der Waals surface area contributed by atoms with Gasteiger partial charge in [-0.25, -0.2) is 9.18 Å². The lowest BCUT2D eigenvalue weighted by Crippen LogP contribution is -2.22. The van der Waals surface area contributed by atoms with E-state index in [0.29, 0.717) is 12.1 Å². The molecule has 0 aromatic heterocycles. The number of fused-ring (bicyclic) bond motifs is 1. The van der Waals surface area contributed by atoms with Crippen molar-refractivity contribution < 1.29 is 14.3 Å². The Hall–Kier alpha value is -2.02. The summed E-state index contributed by atoms with van der Waals surface area (Å²) >= 11 is 0. The molecule has 1 heterocycles. The summed E-state index contributed by atoms with van der Waals surface area (Å²) in [6, 6.07) is 4.70. The lowest BCUT2D eigenvalue weighted by Gasteiger charge is -2.08. The molecule has 0 saturated carbocycles. The van der Waals surface area contributed by atoms with Crippen LogP contribution < -0.4 is 0 Å². The van der Waals surface area contributed by atoms with Crippen LogP contribution in [0.2, 0.25) is 0 Å². The van der Waals surface area contributed by atoms with Crippen molar-refractivity contribution in [3.63, 3.8) is 0 Å². The summed E-state index contributed by atoms with van der Waals surface area (Å²) < 4.78 is 13.1. The van der Waals surface area contributed by atoms with Crippen LogP contribution >= 0.6 is 0 Å². The molecule has 98 valence electrons. The third-order valence-corrected chi connectivity index (χ3v) is 2.20. The highest BCUT2D eigenvalue weighted by molar-refractivity contribution is 5.66. The van der Waals surface area contributed by atoms with Gasteiger partial charge in [0.25, 0.3) is 0 Å². The SMILES string of the molecule is C#CC.CC.O=C(O)N1Cc2cccc(F)c2C1. The van der Waals surface area contributed by atoms with Crippen LogP contribution in [0, 0.1) is 18.2 Å². The molecule has 0 radical (unpaired) electrons. The average Bonchev–Trinajstić information content (AvgIpc) is 2.78. The van der Waals surface area contributed by atoms with Gasteiger partial charge in [0.15, 0.2) is 0 Å². The Kier molecular flexibility index (Phi) is 7.22. The van der Waals surface area contributed by atoms with Gasteiger partial charge in [0, 0.05) is 12.1 Å². The lowest BCUT2D eigenvalue weighted by atomic mass is 10.1. The van der Waals surface area contributed by atoms with E-state index < -0.39 is 6.09 Å². The largest absolute Gasteiger partial charge is 0.465 e. The predicted octanol–water partition coefficient (Wildman–Crippen LogP) is 3.49. The first-order valence-corrected chi connectivity index (χ1v) is 5.71. The summed E-state index contributed by atoms with van der Waals surface area (Å²) in [5.74, 6) is 1.93. The van der Waals surface area contributed by atoms with Crippen LogP contribution in [0.25, 0.3) is 0 Å². The van der Waals surface area contributed by atoms with Crippen molar-refractivity contribution in [1.82, 2.24) is 4.90 Å². The molecule has 0 unspecified atom stereocenters. The highest BCUT2D eigenvalue weighted by atomic mass is 19.1. The molecule has 2 rings (SSSR count). The van der Waals surface area contributed by atoms with Gasteiger partial charge in [-0.1, -0.05) is 26.0 Å². The number of rotatable bonds is 0. The molecule has 4 heteroatoms. The second-order valence-corrected chi connectivity index (χ2v) is 3.30. The van der Waals surface area contributed by atoms with Gasteiger partial charge in [-0.15, -0.1) is 12.3 Å². The molecule has 0 aliphatic carbocycles. The maximum Gasteiger partial charge on any atom is 0.407 e. The number of hydrogen-bond donors (Lipinski definition) is 1. The molecule has 1 amide bonds. The summed E-state index contributed by atoms with van der Waals surface area (Å²) in [6.45, 7) is 6.11. The van der Waals surface area contributed by atoms with E-state index in [2.05, 4.69) is 12.3 Å². The number of halogens is 1. The average molecular weight is 251 g/mol. The minimum atomic E-state index is -1.00. The van der Waals surface area contributed by atoms with Crippen molar-refractivity contribution in [3.8, 4) is 12.3 Å². The van der Waals surface area contributed by atoms with Crippen LogP contribution in [-0.4, -0.2) is 16.1 Å². The summed E-state index contributed by atoms with van der Waals surface area (Å²) in [4.78, 5) is 11.8. The van der Waals surface area contributed by atoms with Gasteiger partial charge >= 0.3 is 6.09 Å². The Morgan fingerprint density at radius 1 is 1.44 bits per heavy atom. The molecule has 0 bridgehead atoms. The zero-order valence-electron chi connectivity index (χ0n) is 10.9. The van der Waals surface area contributed by atoms with E-state index in [1.54, 1.807) is 19.1 Å². The van der Waals surface area contributed by atoms with E-state index in [1.807, 2.05) is 13.8 Å². The molecule has 0 atom stereocenters. The first-order valence-electron chi connectivity index (χ1n) is 5.71. The Balaban J connectivity index is 0.000000509. The van der Waals surface area contributed by atoms with E-state index in [1.165, 1.54) is 11.0 Å². The topological polar surface area (TPSA) is 40.5 Å². The number of hydrogen-bond acceptors (Lipinski definition) is 1. The van der Waals surface area contributed by atoms with Gasteiger partial charge in [-0.3, -0.25) is 4.90 Å². The quantitative estimate of drug-likeness (QED) is 0.717. The second-order valence-electron chi connectivity index (χ2n) is 3.30. The maximum absolute atomic E-state index is 13.1. The second kappa shape index (κ2) is 8.13. The monoisotopic (exact) mass is 251 g/mol. The summed E-state index contributed by atoms with van der Waals surface area (Å²) in [6.07, 6.45) is 3.59. The minimum Gasteiger partial charge on any atom is -0.465 e. The fourth-order valence-electron chi connectivity index (χ4n) is 1.52. The van der Waals surface area contributed by atoms with E-state index in [-0.39, 0.29) is 12.4 Å². The molecule has 1 aromatic carbocycles. The standard InChI is InChI=1S/C9H8FNO2.C3H4.C2H6/c10-8-3-1-2-6-4-11(9(12)13)5-7(6)8;1-3-2;1-2/h1-3H,4-5H2,(H,12,13);1H,2H3;1-2H3. The molecule has 1 aliphatic rings. The van der Waals surface area contributed by atoms with Crippen molar-refractivity contribution in [2.24, 2.45) is 0 Å². The first kappa shape index (κ1) is 16.0. The highest BCUT2D eigenvalue weighted by Crippen LogP contribution is 2.24. The number of nitrogens with zero attached hydrogens (tertiary/aromatic N) is 1. The Labute approximate surface area is 107 Å². The third kappa shape index (κ3) is 4.10. The molecule has 0 fully saturated rings. The van der Waals surface area contributed by atoms with Crippen LogP contribution in [-0.2, 0) is 13.1 Å². The van der Waals surface area contributed by atoms with Crippen molar-refractivity contribution in [2.45, 2.75) is 33.9 Å². The van der Waals surface area contributed by atoms with Gasteiger partial charge in [0.2, 0.25) is 0 Å². The lowest BCUT2D eigenvalue weighted by molar-refractivity contribution is 0.145. The van der Waals surface area contributed by atoms with E-state index in [4.69, 9.17) is 5.11 Å². The van der Waals surface area contributed by atoms with E-state index >= 15 is 0 Å². The minimum absolute atomic E-state index is 0.164. The molecule has 1 N–H and O–H groups in total. The van der Waals surface area contributed by atoms with E-state index in [9.17, 15) is 9.18 Å². The number of carboxylic acid groups (broad SMARTS) is 1. The van der Waals surface area contributed by atoms with Crippen LogP contribution in [0.3, 0.4) is 0 Å². The number of amides is 1. The summed E-state index contributed by atoms with van der Waals surface area (Å²) in [5, 5.41) is 8.68. The van der Waals surface area contributed by atoms with Gasteiger partial charge in [-0.05, 0) is 18.6 Å². The van der Waals surface area contributed by atoms with Gasteiger partial charge < -0.3 is 5.11 Å². The molecule has 18 heavy (non-hydrogen) atoms. The smallest absolute Gasteiger partial charge is 0.407 e. The van der Waals surface area contributed by atoms with E-state index in [0.717, 1.165) is 5.56 Å². The number of terminal acetylenes is 1. The molecule has 3 nitrogen and oxygen atoms in total. The summed E-state index contributed by atoms with van der Waals surface area (Å²) in [7, 11) is 0. The normalized spacial score (nSPS) is 11.2. The number of carbonyl (C=O) groups is 1. The van der Waals surface area contributed by atoms with Crippen LogP contribution in [0.5, 0.6) is 0 Å². The van der Waals surface area contributed by atoms with Crippen molar-refractivity contribution in [3.05, 3.63) is 35.1 Å². The first-order chi connectivity index (χ1) is 8.60. The molecular formula is C14H18FNO2.